The molecule has 1 fully saturated rings. The Morgan fingerprint density at radius 1 is 1.56 bits per heavy atom. The Hall–Kier alpha value is -1.31. The van der Waals surface area contributed by atoms with E-state index in [1.807, 2.05) is 6.20 Å². The van der Waals surface area contributed by atoms with Crippen molar-refractivity contribution < 1.29 is 0 Å². The molecule has 0 aliphatic heterocycles. The SMILES string of the molecule is CCC1(c2cnc[nH]2)CC2=CC=CCC2C1. The van der Waals surface area contributed by atoms with Crippen molar-refractivity contribution in [2.45, 2.75) is 38.0 Å². The van der Waals surface area contributed by atoms with E-state index in [1.54, 1.807) is 11.9 Å². The molecule has 3 rings (SSSR count). The van der Waals surface area contributed by atoms with Gasteiger partial charge in [0.1, 0.15) is 0 Å². The number of nitrogens with one attached hydrogen (secondary N) is 1. The van der Waals surface area contributed by atoms with Crippen LogP contribution in [0.3, 0.4) is 0 Å². The fourth-order valence-electron chi connectivity index (χ4n) is 3.29. The number of H-pyrrole nitrogens is 1. The van der Waals surface area contributed by atoms with Gasteiger partial charge < -0.3 is 4.98 Å². The van der Waals surface area contributed by atoms with Crippen LogP contribution in [-0.4, -0.2) is 9.97 Å². The standard InChI is InChI=1S/C14H18N2/c1-2-14(13-9-15-10-16-13)7-11-5-3-4-6-12(11)8-14/h3-5,9-10,12H,2,6-8H2,1H3,(H,15,16). The first kappa shape index (κ1) is 9.88. The molecule has 0 spiro atoms. The Kier molecular flexibility index (Phi) is 2.23. The number of nitrogens with zero attached hydrogens (tertiary/aromatic N) is 1. The smallest absolute Gasteiger partial charge is 0.0921 e. The maximum absolute atomic E-state index is 4.19. The second-order valence-corrected chi connectivity index (χ2v) is 5.08. The molecule has 1 N–H and O–H groups in total. The van der Waals surface area contributed by atoms with Gasteiger partial charge in [-0.3, -0.25) is 0 Å². The predicted molar refractivity (Wildman–Crippen MR) is 65.1 cm³/mol. The molecule has 2 atom stereocenters. The average molecular weight is 214 g/mol. The van der Waals surface area contributed by atoms with Crippen molar-refractivity contribution >= 4 is 0 Å². The number of allylic oxidation sites excluding steroid dienone is 4. The minimum atomic E-state index is 0.318. The number of imidazole rings is 1. The molecule has 2 heteroatoms. The molecular formula is C14H18N2. The third kappa shape index (κ3) is 1.36. The Morgan fingerprint density at radius 3 is 3.19 bits per heavy atom. The molecule has 2 unspecified atom stereocenters. The highest BCUT2D eigenvalue weighted by atomic mass is 14.9. The molecule has 1 aromatic heterocycles. The van der Waals surface area contributed by atoms with Crippen LogP contribution in [0.4, 0.5) is 0 Å². The fourth-order valence-corrected chi connectivity index (χ4v) is 3.29. The molecule has 0 saturated heterocycles. The van der Waals surface area contributed by atoms with E-state index < -0.39 is 0 Å². The van der Waals surface area contributed by atoms with Crippen molar-refractivity contribution in [3.05, 3.63) is 42.0 Å². The van der Waals surface area contributed by atoms with E-state index in [0.29, 0.717) is 5.41 Å². The summed E-state index contributed by atoms with van der Waals surface area (Å²) in [5, 5.41) is 0. The van der Waals surface area contributed by atoms with Crippen molar-refractivity contribution in [3.63, 3.8) is 0 Å². The Bertz CT molecular complexity index is 428. The lowest BCUT2D eigenvalue weighted by Gasteiger charge is -2.26. The van der Waals surface area contributed by atoms with Crippen LogP contribution in [0, 0.1) is 5.92 Å². The molecule has 0 amide bonds. The van der Waals surface area contributed by atoms with Crippen LogP contribution in [-0.2, 0) is 5.41 Å². The van der Waals surface area contributed by atoms with Crippen LogP contribution >= 0.6 is 0 Å². The van der Waals surface area contributed by atoms with E-state index in [0.717, 1.165) is 5.92 Å². The van der Waals surface area contributed by atoms with Gasteiger partial charge in [0.05, 0.1) is 6.33 Å². The zero-order chi connectivity index (χ0) is 11.0. The minimum Gasteiger partial charge on any atom is -0.348 e. The highest BCUT2D eigenvalue weighted by molar-refractivity contribution is 5.32. The quantitative estimate of drug-likeness (QED) is 0.803. The zero-order valence-electron chi connectivity index (χ0n) is 9.74. The van der Waals surface area contributed by atoms with Gasteiger partial charge in [-0.15, -0.1) is 0 Å². The lowest BCUT2D eigenvalue weighted by atomic mass is 9.79. The summed E-state index contributed by atoms with van der Waals surface area (Å²) in [6.45, 7) is 2.30. The average Bonchev–Trinajstić information content (AvgIpc) is 2.96. The summed E-state index contributed by atoms with van der Waals surface area (Å²) >= 11 is 0. The number of aromatic nitrogens is 2. The highest BCUT2D eigenvalue weighted by Gasteiger charge is 2.42. The van der Waals surface area contributed by atoms with Crippen LogP contribution in [0.1, 0.15) is 38.3 Å². The Balaban J connectivity index is 1.95. The number of rotatable bonds is 2. The van der Waals surface area contributed by atoms with Gasteiger partial charge in [0, 0.05) is 17.3 Å². The number of aromatic amines is 1. The molecule has 84 valence electrons. The van der Waals surface area contributed by atoms with Crippen molar-refractivity contribution in [2.24, 2.45) is 5.92 Å². The third-order valence-corrected chi connectivity index (χ3v) is 4.32. The van der Waals surface area contributed by atoms with Gasteiger partial charge in [-0.25, -0.2) is 4.98 Å². The number of hydrogen-bond acceptors (Lipinski definition) is 1. The van der Waals surface area contributed by atoms with Gasteiger partial charge in [0.2, 0.25) is 0 Å². The zero-order valence-corrected chi connectivity index (χ0v) is 9.74. The molecule has 2 aliphatic carbocycles. The normalized spacial score (nSPS) is 32.6. The van der Waals surface area contributed by atoms with Crippen molar-refractivity contribution in [1.82, 2.24) is 9.97 Å². The molecule has 0 bridgehead atoms. The van der Waals surface area contributed by atoms with E-state index >= 15 is 0 Å². The van der Waals surface area contributed by atoms with Crippen LogP contribution in [0.5, 0.6) is 0 Å². The summed E-state index contributed by atoms with van der Waals surface area (Å²) in [6.07, 6.45) is 15.6. The first-order chi connectivity index (χ1) is 7.84. The Morgan fingerprint density at radius 2 is 2.50 bits per heavy atom. The molecule has 1 heterocycles. The van der Waals surface area contributed by atoms with E-state index in [9.17, 15) is 0 Å². The van der Waals surface area contributed by atoms with Gasteiger partial charge in [-0.1, -0.05) is 30.7 Å². The summed E-state index contributed by atoms with van der Waals surface area (Å²) in [5.74, 6) is 0.772. The maximum atomic E-state index is 4.19. The highest BCUT2D eigenvalue weighted by Crippen LogP contribution is 2.50. The van der Waals surface area contributed by atoms with Crippen molar-refractivity contribution in [2.75, 3.05) is 0 Å². The molecule has 16 heavy (non-hydrogen) atoms. The summed E-state index contributed by atoms with van der Waals surface area (Å²) < 4.78 is 0. The predicted octanol–water partition coefficient (Wildman–Crippen LogP) is 3.35. The molecule has 0 aromatic carbocycles. The second kappa shape index (κ2) is 3.62. The topological polar surface area (TPSA) is 28.7 Å². The minimum absolute atomic E-state index is 0.318. The second-order valence-electron chi connectivity index (χ2n) is 5.08. The van der Waals surface area contributed by atoms with Gasteiger partial charge >= 0.3 is 0 Å². The van der Waals surface area contributed by atoms with E-state index in [-0.39, 0.29) is 0 Å². The number of hydrogen-bond donors (Lipinski definition) is 1. The lowest BCUT2D eigenvalue weighted by Crippen LogP contribution is -2.22. The van der Waals surface area contributed by atoms with Crippen LogP contribution in [0.15, 0.2) is 36.3 Å². The summed E-state index contributed by atoms with van der Waals surface area (Å²) in [5.41, 5.74) is 3.28. The fraction of sp³-hybridized carbons (Fsp3) is 0.500. The third-order valence-electron chi connectivity index (χ3n) is 4.32. The van der Waals surface area contributed by atoms with Crippen LogP contribution < -0.4 is 0 Å². The monoisotopic (exact) mass is 214 g/mol. The van der Waals surface area contributed by atoms with Gasteiger partial charge in [0.15, 0.2) is 0 Å². The molecule has 2 aliphatic rings. The van der Waals surface area contributed by atoms with Gasteiger partial charge in [-0.05, 0) is 31.6 Å². The van der Waals surface area contributed by atoms with Crippen molar-refractivity contribution in [1.29, 1.82) is 0 Å². The Labute approximate surface area is 96.5 Å². The van der Waals surface area contributed by atoms with Gasteiger partial charge in [0.25, 0.3) is 0 Å². The van der Waals surface area contributed by atoms with E-state index in [2.05, 4.69) is 35.1 Å². The maximum Gasteiger partial charge on any atom is 0.0921 e. The summed E-state index contributed by atoms with van der Waals surface area (Å²) in [4.78, 5) is 7.51. The first-order valence-corrected chi connectivity index (χ1v) is 6.18. The first-order valence-electron chi connectivity index (χ1n) is 6.18. The molecular weight excluding hydrogens is 196 g/mol. The summed E-state index contributed by atoms with van der Waals surface area (Å²) in [6, 6.07) is 0. The van der Waals surface area contributed by atoms with E-state index in [4.69, 9.17) is 0 Å². The largest absolute Gasteiger partial charge is 0.348 e. The van der Waals surface area contributed by atoms with Gasteiger partial charge in [-0.2, -0.15) is 0 Å². The molecule has 1 aromatic rings. The molecule has 1 saturated carbocycles. The molecule has 0 radical (unpaired) electrons. The van der Waals surface area contributed by atoms with Crippen molar-refractivity contribution in [3.8, 4) is 0 Å². The summed E-state index contributed by atoms with van der Waals surface area (Å²) in [7, 11) is 0. The van der Waals surface area contributed by atoms with Crippen LogP contribution in [0.2, 0.25) is 0 Å². The molecule has 2 nitrogen and oxygen atoms in total. The van der Waals surface area contributed by atoms with Crippen LogP contribution in [0.25, 0.3) is 0 Å². The lowest BCUT2D eigenvalue weighted by molar-refractivity contribution is 0.392. The van der Waals surface area contributed by atoms with E-state index in [1.165, 1.54) is 31.4 Å². The number of fused-ring (bicyclic) bond motifs is 1.